The zero-order chi connectivity index (χ0) is 13.7. The third kappa shape index (κ3) is 4.01. The molecule has 1 fully saturated rings. The summed E-state index contributed by atoms with van der Waals surface area (Å²) in [7, 11) is 0. The topological polar surface area (TPSA) is 21.3 Å². The predicted molar refractivity (Wildman–Crippen MR) is 81.4 cm³/mol. The highest BCUT2D eigenvalue weighted by molar-refractivity contribution is 6.42. The summed E-state index contributed by atoms with van der Waals surface area (Å²) in [4.78, 5) is 0. The lowest BCUT2D eigenvalue weighted by Gasteiger charge is -2.25. The maximum absolute atomic E-state index is 6.21. The van der Waals surface area contributed by atoms with E-state index in [1.807, 2.05) is 12.1 Å². The standard InChI is InChI=1S/C15H21Cl2NO/c1-2-3-6-13(11-8-9-18-10-11)19-14-7-4-5-12(16)15(14)17/h4-5,7,11,13,18H,2-3,6,8-10H2,1H3/t11-,13+/m0/s1. The van der Waals surface area contributed by atoms with Gasteiger partial charge >= 0.3 is 0 Å². The normalized spacial score (nSPS) is 20.5. The summed E-state index contributed by atoms with van der Waals surface area (Å²) >= 11 is 12.2. The number of benzene rings is 1. The number of halogens is 2. The van der Waals surface area contributed by atoms with Gasteiger partial charge in [0.25, 0.3) is 0 Å². The Kier molecular flexibility index (Phi) is 5.80. The molecule has 2 nitrogen and oxygen atoms in total. The number of nitrogens with one attached hydrogen (secondary N) is 1. The maximum Gasteiger partial charge on any atom is 0.139 e. The van der Waals surface area contributed by atoms with Crippen LogP contribution in [-0.2, 0) is 0 Å². The van der Waals surface area contributed by atoms with Crippen molar-refractivity contribution in [1.82, 2.24) is 5.32 Å². The Morgan fingerprint density at radius 2 is 2.26 bits per heavy atom. The summed E-state index contributed by atoms with van der Waals surface area (Å²) < 4.78 is 6.16. The summed E-state index contributed by atoms with van der Waals surface area (Å²) in [6.07, 6.45) is 4.84. The molecule has 0 saturated carbocycles. The van der Waals surface area contributed by atoms with Crippen LogP contribution in [0.4, 0.5) is 0 Å². The molecule has 1 aromatic carbocycles. The number of hydrogen-bond donors (Lipinski definition) is 1. The largest absolute Gasteiger partial charge is 0.488 e. The van der Waals surface area contributed by atoms with E-state index in [0.29, 0.717) is 21.7 Å². The molecule has 1 heterocycles. The van der Waals surface area contributed by atoms with E-state index in [-0.39, 0.29) is 6.10 Å². The number of rotatable bonds is 6. The number of hydrogen-bond acceptors (Lipinski definition) is 2. The second-order valence-corrected chi connectivity index (χ2v) is 5.89. The van der Waals surface area contributed by atoms with Gasteiger partial charge in [0.05, 0.1) is 5.02 Å². The molecule has 2 atom stereocenters. The van der Waals surface area contributed by atoms with Crippen LogP contribution in [0.5, 0.6) is 5.75 Å². The summed E-state index contributed by atoms with van der Waals surface area (Å²) in [5.74, 6) is 1.28. The highest BCUT2D eigenvalue weighted by atomic mass is 35.5. The van der Waals surface area contributed by atoms with Crippen molar-refractivity contribution in [3.63, 3.8) is 0 Å². The molecule has 1 aromatic rings. The van der Waals surface area contributed by atoms with Crippen LogP contribution >= 0.6 is 23.2 Å². The first-order valence-electron chi connectivity index (χ1n) is 7.03. The smallest absolute Gasteiger partial charge is 0.139 e. The molecule has 4 heteroatoms. The van der Waals surface area contributed by atoms with Crippen LogP contribution in [0.15, 0.2) is 18.2 Å². The van der Waals surface area contributed by atoms with E-state index in [0.717, 1.165) is 19.5 Å². The fraction of sp³-hybridized carbons (Fsp3) is 0.600. The zero-order valence-corrected chi connectivity index (χ0v) is 12.8. The molecular formula is C15H21Cl2NO. The average Bonchev–Trinajstić information content (AvgIpc) is 2.93. The molecular weight excluding hydrogens is 281 g/mol. The Hall–Kier alpha value is -0.440. The van der Waals surface area contributed by atoms with Gasteiger partial charge < -0.3 is 10.1 Å². The Morgan fingerprint density at radius 3 is 2.95 bits per heavy atom. The van der Waals surface area contributed by atoms with Crippen molar-refractivity contribution in [1.29, 1.82) is 0 Å². The summed E-state index contributed by atoms with van der Waals surface area (Å²) in [6, 6.07) is 5.57. The third-order valence-corrected chi connectivity index (χ3v) is 4.46. The molecule has 1 aliphatic rings. The number of ether oxygens (including phenoxy) is 1. The highest BCUT2D eigenvalue weighted by Gasteiger charge is 2.26. The summed E-state index contributed by atoms with van der Waals surface area (Å²) in [5.41, 5.74) is 0. The van der Waals surface area contributed by atoms with E-state index in [1.165, 1.54) is 19.3 Å². The van der Waals surface area contributed by atoms with Crippen molar-refractivity contribution in [2.45, 2.75) is 38.7 Å². The lowest BCUT2D eigenvalue weighted by atomic mass is 9.97. The first-order valence-corrected chi connectivity index (χ1v) is 7.79. The van der Waals surface area contributed by atoms with Crippen LogP contribution < -0.4 is 10.1 Å². The van der Waals surface area contributed by atoms with Gasteiger partial charge in [-0.25, -0.2) is 0 Å². The van der Waals surface area contributed by atoms with E-state index in [9.17, 15) is 0 Å². The second kappa shape index (κ2) is 7.37. The Balaban J connectivity index is 2.07. The molecule has 0 bridgehead atoms. The van der Waals surface area contributed by atoms with Crippen molar-refractivity contribution in [2.24, 2.45) is 5.92 Å². The van der Waals surface area contributed by atoms with Crippen molar-refractivity contribution in [3.05, 3.63) is 28.2 Å². The molecule has 2 rings (SSSR count). The van der Waals surface area contributed by atoms with Gasteiger partial charge in [-0.3, -0.25) is 0 Å². The van der Waals surface area contributed by atoms with Crippen LogP contribution in [0.1, 0.15) is 32.6 Å². The first-order chi connectivity index (χ1) is 9.22. The van der Waals surface area contributed by atoms with Crippen LogP contribution in [0.25, 0.3) is 0 Å². The SMILES string of the molecule is CCCC[C@@H](Oc1cccc(Cl)c1Cl)[C@H]1CCNC1. The van der Waals surface area contributed by atoms with Crippen molar-refractivity contribution in [3.8, 4) is 5.75 Å². The molecule has 19 heavy (non-hydrogen) atoms. The Bertz CT molecular complexity index is 405. The molecule has 106 valence electrons. The van der Waals surface area contributed by atoms with Crippen molar-refractivity contribution in [2.75, 3.05) is 13.1 Å². The van der Waals surface area contributed by atoms with E-state index in [4.69, 9.17) is 27.9 Å². The molecule has 0 radical (unpaired) electrons. The minimum Gasteiger partial charge on any atom is -0.488 e. The minimum absolute atomic E-state index is 0.228. The van der Waals surface area contributed by atoms with Gasteiger partial charge in [-0.1, -0.05) is 49.0 Å². The molecule has 0 unspecified atom stereocenters. The molecule has 0 aliphatic carbocycles. The second-order valence-electron chi connectivity index (χ2n) is 5.10. The lowest BCUT2D eigenvalue weighted by molar-refractivity contribution is 0.131. The van der Waals surface area contributed by atoms with Gasteiger partial charge in [0, 0.05) is 12.5 Å². The van der Waals surface area contributed by atoms with E-state index >= 15 is 0 Å². The molecule has 1 aliphatic heterocycles. The van der Waals surface area contributed by atoms with Crippen LogP contribution in [0.2, 0.25) is 10.0 Å². The van der Waals surface area contributed by atoms with Crippen LogP contribution in [-0.4, -0.2) is 19.2 Å². The van der Waals surface area contributed by atoms with Gasteiger partial charge in [-0.2, -0.15) is 0 Å². The lowest BCUT2D eigenvalue weighted by Crippen LogP contribution is -2.29. The zero-order valence-electron chi connectivity index (χ0n) is 11.3. The summed E-state index contributed by atoms with van der Waals surface area (Å²) in [5, 5.41) is 4.48. The Labute approximate surface area is 125 Å². The monoisotopic (exact) mass is 301 g/mol. The molecule has 1 saturated heterocycles. The molecule has 0 aromatic heterocycles. The quantitative estimate of drug-likeness (QED) is 0.833. The highest BCUT2D eigenvalue weighted by Crippen LogP contribution is 2.34. The minimum atomic E-state index is 0.228. The van der Waals surface area contributed by atoms with Gasteiger partial charge in [0.15, 0.2) is 0 Å². The Morgan fingerprint density at radius 1 is 1.42 bits per heavy atom. The van der Waals surface area contributed by atoms with Gasteiger partial charge in [-0.05, 0) is 31.5 Å². The van der Waals surface area contributed by atoms with E-state index < -0.39 is 0 Å². The van der Waals surface area contributed by atoms with Crippen molar-refractivity contribution >= 4 is 23.2 Å². The number of unbranched alkanes of at least 4 members (excludes halogenated alkanes) is 1. The van der Waals surface area contributed by atoms with Crippen LogP contribution in [0.3, 0.4) is 0 Å². The van der Waals surface area contributed by atoms with E-state index in [2.05, 4.69) is 12.2 Å². The molecule has 1 N–H and O–H groups in total. The van der Waals surface area contributed by atoms with Crippen molar-refractivity contribution < 1.29 is 4.74 Å². The van der Waals surface area contributed by atoms with Crippen LogP contribution in [0, 0.1) is 5.92 Å². The average molecular weight is 302 g/mol. The molecule has 0 spiro atoms. The fourth-order valence-corrected chi connectivity index (χ4v) is 2.86. The molecule has 0 amide bonds. The maximum atomic E-state index is 6.21. The van der Waals surface area contributed by atoms with E-state index in [1.54, 1.807) is 6.07 Å². The van der Waals surface area contributed by atoms with Gasteiger partial charge in [-0.15, -0.1) is 0 Å². The van der Waals surface area contributed by atoms with Gasteiger partial charge in [0.1, 0.15) is 16.9 Å². The summed E-state index contributed by atoms with van der Waals surface area (Å²) in [6.45, 7) is 4.32. The third-order valence-electron chi connectivity index (χ3n) is 3.66. The first kappa shape index (κ1) is 15.0. The predicted octanol–water partition coefficient (Wildman–Crippen LogP) is 4.54. The van der Waals surface area contributed by atoms with Gasteiger partial charge in [0.2, 0.25) is 0 Å². The fourth-order valence-electron chi connectivity index (χ4n) is 2.53.